The van der Waals surface area contributed by atoms with Gasteiger partial charge in [-0.05, 0) is 29.2 Å². The van der Waals surface area contributed by atoms with Gasteiger partial charge in [0.1, 0.15) is 5.82 Å². The summed E-state index contributed by atoms with van der Waals surface area (Å²) in [5.74, 6) is 0.590. The van der Waals surface area contributed by atoms with Crippen LogP contribution in [0.3, 0.4) is 0 Å². The Kier molecular flexibility index (Phi) is 11.7. The summed E-state index contributed by atoms with van der Waals surface area (Å²) >= 11 is 0. The van der Waals surface area contributed by atoms with Crippen molar-refractivity contribution < 1.29 is 14.2 Å². The van der Waals surface area contributed by atoms with E-state index in [1.165, 1.54) is 6.07 Å². The minimum absolute atomic E-state index is 0. The molecule has 0 aliphatic carbocycles. The first-order chi connectivity index (χ1) is 13.1. The Labute approximate surface area is 183 Å². The number of ether oxygens (including phenoxy) is 1. The van der Waals surface area contributed by atoms with Crippen molar-refractivity contribution in [1.29, 1.82) is 0 Å². The molecule has 2 rings (SSSR count). The van der Waals surface area contributed by atoms with Crippen molar-refractivity contribution in [3.05, 3.63) is 71.0 Å². The maximum Gasteiger partial charge on any atom is 0.191 e. The maximum absolute atomic E-state index is 13.4. The van der Waals surface area contributed by atoms with E-state index in [0.717, 1.165) is 17.7 Å². The van der Waals surface area contributed by atoms with Gasteiger partial charge in [0.05, 0.1) is 19.8 Å². The van der Waals surface area contributed by atoms with E-state index in [2.05, 4.69) is 22.5 Å². The Hall–Kier alpha value is -1.71. The van der Waals surface area contributed by atoms with Gasteiger partial charge in [0, 0.05) is 25.7 Å². The summed E-state index contributed by atoms with van der Waals surface area (Å²) in [7, 11) is 1.70. The minimum atomic E-state index is -0.395. The molecule has 0 heterocycles. The number of hydrogen-bond acceptors (Lipinski definition) is 3. The number of aliphatic hydroxyl groups excluding tert-OH is 1. The van der Waals surface area contributed by atoms with Crippen molar-refractivity contribution in [2.75, 3.05) is 20.2 Å². The Morgan fingerprint density at radius 3 is 2.57 bits per heavy atom. The molecule has 1 unspecified atom stereocenters. The molecule has 5 nitrogen and oxygen atoms in total. The van der Waals surface area contributed by atoms with E-state index in [1.807, 2.05) is 30.3 Å². The van der Waals surface area contributed by atoms with E-state index in [9.17, 15) is 4.39 Å². The van der Waals surface area contributed by atoms with Crippen molar-refractivity contribution in [1.82, 2.24) is 10.6 Å². The highest BCUT2D eigenvalue weighted by molar-refractivity contribution is 14.0. The smallest absolute Gasteiger partial charge is 0.191 e. The number of aliphatic hydroxyl groups is 1. The van der Waals surface area contributed by atoms with Gasteiger partial charge in [0.15, 0.2) is 5.96 Å². The first kappa shape index (κ1) is 24.3. The van der Waals surface area contributed by atoms with Gasteiger partial charge in [-0.15, -0.1) is 24.0 Å². The molecule has 0 amide bonds. The molecule has 0 spiro atoms. The number of benzene rings is 2. The van der Waals surface area contributed by atoms with E-state index >= 15 is 0 Å². The second-order valence-corrected chi connectivity index (χ2v) is 6.50. The fourth-order valence-electron chi connectivity index (χ4n) is 2.55. The van der Waals surface area contributed by atoms with Gasteiger partial charge < -0.3 is 20.5 Å². The van der Waals surface area contributed by atoms with Crippen LogP contribution in [0.2, 0.25) is 0 Å². The number of rotatable bonds is 9. The standard InChI is InChI=1S/C21H28FN3O2.HI/c1-16(14-27-15-17-6-4-3-5-7-17)11-24-21(23-2)25-12-18-8-9-20(22)19(10-18)13-26;/h3-10,16,26H,11-15H2,1-2H3,(H2,23,24,25);1H. The average Bonchev–Trinajstić information content (AvgIpc) is 2.70. The van der Waals surface area contributed by atoms with Gasteiger partial charge in [-0.25, -0.2) is 4.39 Å². The van der Waals surface area contributed by atoms with Gasteiger partial charge in [0.25, 0.3) is 0 Å². The van der Waals surface area contributed by atoms with E-state index in [0.29, 0.717) is 37.2 Å². The van der Waals surface area contributed by atoms with Crippen LogP contribution in [0.25, 0.3) is 0 Å². The van der Waals surface area contributed by atoms with Crippen molar-refractivity contribution >= 4 is 29.9 Å². The fourth-order valence-corrected chi connectivity index (χ4v) is 2.55. The van der Waals surface area contributed by atoms with Crippen LogP contribution in [0.1, 0.15) is 23.6 Å². The Bertz CT molecular complexity index is 729. The number of halogens is 2. The number of aliphatic imine (C=N–C) groups is 1. The van der Waals surface area contributed by atoms with E-state index in [4.69, 9.17) is 9.84 Å². The molecule has 0 bridgehead atoms. The van der Waals surface area contributed by atoms with Crippen LogP contribution in [0, 0.1) is 11.7 Å². The molecule has 154 valence electrons. The molecular weight excluding hydrogens is 472 g/mol. The first-order valence-electron chi connectivity index (χ1n) is 9.06. The van der Waals surface area contributed by atoms with Gasteiger partial charge in [0.2, 0.25) is 0 Å². The van der Waals surface area contributed by atoms with E-state index < -0.39 is 5.82 Å². The van der Waals surface area contributed by atoms with Crippen LogP contribution in [0.5, 0.6) is 0 Å². The summed E-state index contributed by atoms with van der Waals surface area (Å²) in [5.41, 5.74) is 2.33. The quantitative estimate of drug-likeness (QED) is 0.280. The second-order valence-electron chi connectivity index (χ2n) is 6.50. The van der Waals surface area contributed by atoms with Gasteiger partial charge in [-0.1, -0.05) is 43.3 Å². The number of guanidine groups is 1. The van der Waals surface area contributed by atoms with Crippen LogP contribution in [-0.4, -0.2) is 31.3 Å². The third kappa shape index (κ3) is 8.53. The van der Waals surface area contributed by atoms with E-state index in [1.54, 1.807) is 19.2 Å². The van der Waals surface area contributed by atoms with Crippen LogP contribution in [0.15, 0.2) is 53.5 Å². The Morgan fingerprint density at radius 1 is 1.14 bits per heavy atom. The van der Waals surface area contributed by atoms with Crippen molar-refractivity contribution in [2.24, 2.45) is 10.9 Å². The Morgan fingerprint density at radius 2 is 1.89 bits per heavy atom. The lowest BCUT2D eigenvalue weighted by atomic mass is 10.1. The summed E-state index contributed by atoms with van der Waals surface area (Å²) in [6, 6.07) is 14.8. The predicted molar refractivity (Wildman–Crippen MR) is 121 cm³/mol. The highest BCUT2D eigenvalue weighted by Crippen LogP contribution is 2.10. The molecule has 28 heavy (non-hydrogen) atoms. The van der Waals surface area contributed by atoms with Crippen LogP contribution >= 0.6 is 24.0 Å². The maximum atomic E-state index is 13.4. The first-order valence-corrected chi connectivity index (χ1v) is 9.06. The minimum Gasteiger partial charge on any atom is -0.392 e. The largest absolute Gasteiger partial charge is 0.392 e. The van der Waals surface area contributed by atoms with Crippen molar-refractivity contribution in [2.45, 2.75) is 26.7 Å². The zero-order valence-corrected chi connectivity index (χ0v) is 18.7. The molecule has 3 N–H and O–H groups in total. The third-order valence-corrected chi connectivity index (χ3v) is 4.10. The molecule has 7 heteroatoms. The zero-order chi connectivity index (χ0) is 19.5. The lowest BCUT2D eigenvalue weighted by Crippen LogP contribution is -2.39. The summed E-state index contributed by atoms with van der Waals surface area (Å²) < 4.78 is 19.2. The SMILES string of the molecule is CN=C(NCc1ccc(F)c(CO)c1)NCC(C)COCc1ccccc1.I. The molecule has 1 atom stereocenters. The highest BCUT2D eigenvalue weighted by atomic mass is 127. The number of nitrogens with one attached hydrogen (secondary N) is 2. The predicted octanol–water partition coefficient (Wildman–Crippen LogP) is 3.45. The fraction of sp³-hybridized carbons (Fsp3) is 0.381. The monoisotopic (exact) mass is 501 g/mol. The topological polar surface area (TPSA) is 65.9 Å². The third-order valence-electron chi connectivity index (χ3n) is 4.10. The normalized spacial score (nSPS) is 12.2. The number of hydrogen-bond donors (Lipinski definition) is 3. The molecule has 2 aromatic rings. The molecule has 0 aliphatic heterocycles. The molecule has 0 fully saturated rings. The molecular formula is C21H29FIN3O2. The summed E-state index contributed by atoms with van der Waals surface area (Å²) in [5, 5.41) is 15.6. The van der Waals surface area contributed by atoms with Crippen molar-refractivity contribution in [3.63, 3.8) is 0 Å². The van der Waals surface area contributed by atoms with Gasteiger partial charge >= 0.3 is 0 Å². The molecule has 0 saturated carbocycles. The summed E-state index contributed by atoms with van der Waals surface area (Å²) in [6.07, 6.45) is 0. The number of nitrogens with zero attached hydrogens (tertiary/aromatic N) is 1. The Balaban J connectivity index is 0.00000392. The van der Waals surface area contributed by atoms with E-state index in [-0.39, 0.29) is 30.6 Å². The second kappa shape index (κ2) is 13.5. The lowest BCUT2D eigenvalue weighted by molar-refractivity contribution is 0.0931. The molecule has 2 aromatic carbocycles. The highest BCUT2D eigenvalue weighted by Gasteiger charge is 2.06. The summed E-state index contributed by atoms with van der Waals surface area (Å²) in [4.78, 5) is 4.19. The molecule has 0 aromatic heterocycles. The van der Waals surface area contributed by atoms with Crippen LogP contribution in [-0.2, 0) is 24.5 Å². The van der Waals surface area contributed by atoms with Crippen LogP contribution < -0.4 is 10.6 Å². The molecule has 0 radical (unpaired) electrons. The van der Waals surface area contributed by atoms with Crippen molar-refractivity contribution in [3.8, 4) is 0 Å². The lowest BCUT2D eigenvalue weighted by Gasteiger charge is -2.16. The molecule has 0 saturated heterocycles. The summed E-state index contributed by atoms with van der Waals surface area (Å²) in [6.45, 7) is 4.27. The molecule has 0 aliphatic rings. The van der Waals surface area contributed by atoms with Gasteiger partial charge in [-0.2, -0.15) is 0 Å². The van der Waals surface area contributed by atoms with Gasteiger partial charge in [-0.3, -0.25) is 4.99 Å². The average molecular weight is 501 g/mol. The zero-order valence-electron chi connectivity index (χ0n) is 16.3. The van der Waals surface area contributed by atoms with Crippen LogP contribution in [0.4, 0.5) is 4.39 Å².